The Morgan fingerprint density at radius 1 is 1.21 bits per heavy atom. The number of hydrogen-bond acceptors (Lipinski definition) is 1. The maximum Gasteiger partial charge on any atom is 0.282 e. The van der Waals surface area contributed by atoms with Crippen LogP contribution in [0, 0.1) is 11.6 Å². The average molecular weight is 374 g/mol. The molecule has 24 heavy (non-hydrogen) atoms. The van der Waals surface area contributed by atoms with Crippen molar-refractivity contribution in [2.24, 2.45) is 0 Å². The van der Waals surface area contributed by atoms with Crippen LogP contribution in [-0.2, 0) is 11.3 Å². The Kier molecular flexibility index (Phi) is 6.15. The second kappa shape index (κ2) is 7.92. The summed E-state index contributed by atoms with van der Waals surface area (Å²) in [5.74, 6) is -1.20. The summed E-state index contributed by atoms with van der Waals surface area (Å²) in [6.45, 7) is 1.95. The van der Waals surface area contributed by atoms with E-state index >= 15 is 0 Å². The van der Waals surface area contributed by atoms with Crippen LogP contribution in [0.2, 0.25) is 10.0 Å². The van der Waals surface area contributed by atoms with Crippen LogP contribution in [-0.4, -0.2) is 19.0 Å². The number of benzene rings is 2. The van der Waals surface area contributed by atoms with Crippen molar-refractivity contribution in [1.82, 2.24) is 0 Å². The summed E-state index contributed by atoms with van der Waals surface area (Å²) >= 11 is 11.9. The van der Waals surface area contributed by atoms with E-state index in [2.05, 4.69) is 5.32 Å². The fourth-order valence-electron chi connectivity index (χ4n) is 2.19. The van der Waals surface area contributed by atoms with Crippen LogP contribution < -0.4 is 10.2 Å². The van der Waals surface area contributed by atoms with Gasteiger partial charge in [0.2, 0.25) is 0 Å². The fraction of sp³-hybridized carbons (Fsp3) is 0.235. The third kappa shape index (κ3) is 4.44. The Labute approximate surface area is 149 Å². The zero-order valence-corrected chi connectivity index (χ0v) is 14.7. The lowest BCUT2D eigenvalue weighted by Gasteiger charge is -2.22. The molecule has 0 saturated heterocycles. The van der Waals surface area contributed by atoms with Crippen molar-refractivity contribution >= 4 is 34.8 Å². The maximum absolute atomic E-state index is 13.9. The average Bonchev–Trinajstić information content (AvgIpc) is 2.52. The SMILES string of the molecule is C[C@@H](C(=O)Nc1ccc(F)cc1Cl)[NH+](C)Cc1c(F)cccc1Cl. The Balaban J connectivity index is 2.07. The lowest BCUT2D eigenvalue weighted by atomic mass is 10.1. The number of carbonyl (C=O) groups excluding carboxylic acids is 1. The van der Waals surface area contributed by atoms with Gasteiger partial charge in [-0.3, -0.25) is 4.79 Å². The molecule has 0 heterocycles. The molecule has 0 saturated carbocycles. The molecule has 0 aliphatic heterocycles. The summed E-state index contributed by atoms with van der Waals surface area (Å²) in [6, 6.07) is 7.70. The van der Waals surface area contributed by atoms with Gasteiger partial charge in [0.15, 0.2) is 6.04 Å². The first kappa shape index (κ1) is 18.6. The first-order chi connectivity index (χ1) is 11.3. The van der Waals surface area contributed by atoms with Crippen molar-refractivity contribution < 1.29 is 18.5 Å². The summed E-state index contributed by atoms with van der Waals surface area (Å²) in [5.41, 5.74) is 0.683. The minimum atomic E-state index is -0.498. The maximum atomic E-state index is 13.9. The molecule has 0 radical (unpaired) electrons. The second-order valence-corrected chi connectivity index (χ2v) is 6.37. The Hall–Kier alpha value is -1.69. The van der Waals surface area contributed by atoms with Gasteiger partial charge in [0, 0.05) is 0 Å². The van der Waals surface area contributed by atoms with Gasteiger partial charge in [0.05, 0.1) is 28.3 Å². The summed E-state index contributed by atoms with van der Waals surface area (Å²) < 4.78 is 26.9. The number of amides is 1. The number of carbonyl (C=O) groups is 1. The van der Waals surface area contributed by atoms with Gasteiger partial charge in [-0.25, -0.2) is 8.78 Å². The van der Waals surface area contributed by atoms with Gasteiger partial charge < -0.3 is 10.2 Å². The van der Waals surface area contributed by atoms with Crippen molar-refractivity contribution in [3.63, 3.8) is 0 Å². The molecule has 2 aromatic rings. The standard InChI is InChI=1S/C17H16Cl2F2N2O/c1-10(17(24)22-16-7-6-11(20)8-14(16)19)23(2)9-12-13(18)4-3-5-15(12)21/h3-8,10H,9H2,1-2H3,(H,22,24)/p+1/t10-/m0/s1. The molecule has 0 spiro atoms. The topological polar surface area (TPSA) is 33.5 Å². The largest absolute Gasteiger partial charge is 0.323 e. The van der Waals surface area contributed by atoms with Gasteiger partial charge in [0.25, 0.3) is 5.91 Å². The highest BCUT2D eigenvalue weighted by Crippen LogP contribution is 2.22. The fourth-order valence-corrected chi connectivity index (χ4v) is 2.63. The highest BCUT2D eigenvalue weighted by atomic mass is 35.5. The van der Waals surface area contributed by atoms with E-state index in [4.69, 9.17) is 23.2 Å². The molecule has 0 aliphatic rings. The minimum Gasteiger partial charge on any atom is -0.323 e. The molecule has 128 valence electrons. The molecule has 0 aromatic heterocycles. The van der Waals surface area contributed by atoms with Crippen LogP contribution in [0.25, 0.3) is 0 Å². The van der Waals surface area contributed by atoms with Crippen LogP contribution in [0.1, 0.15) is 12.5 Å². The zero-order chi connectivity index (χ0) is 17.9. The van der Waals surface area contributed by atoms with Gasteiger partial charge in [-0.1, -0.05) is 29.3 Å². The van der Waals surface area contributed by atoms with E-state index < -0.39 is 17.7 Å². The number of halogens is 4. The molecule has 2 N–H and O–H groups in total. The van der Waals surface area contributed by atoms with Crippen molar-refractivity contribution in [2.45, 2.75) is 19.5 Å². The monoisotopic (exact) mass is 373 g/mol. The normalized spacial score (nSPS) is 13.4. The smallest absolute Gasteiger partial charge is 0.282 e. The molecule has 3 nitrogen and oxygen atoms in total. The summed E-state index contributed by atoms with van der Waals surface area (Å²) in [5, 5.41) is 3.09. The number of rotatable bonds is 5. The molecular formula is C17H17Cl2F2N2O+. The third-order valence-corrected chi connectivity index (χ3v) is 4.51. The molecule has 0 fully saturated rings. The first-order valence-corrected chi connectivity index (χ1v) is 8.06. The molecule has 2 rings (SSSR count). The number of anilines is 1. The first-order valence-electron chi connectivity index (χ1n) is 7.30. The predicted molar refractivity (Wildman–Crippen MR) is 91.5 cm³/mol. The van der Waals surface area contributed by atoms with Crippen molar-refractivity contribution in [2.75, 3.05) is 12.4 Å². The van der Waals surface area contributed by atoms with E-state index in [1.807, 2.05) is 0 Å². The van der Waals surface area contributed by atoms with Gasteiger partial charge in [0.1, 0.15) is 18.2 Å². The number of likely N-dealkylation sites (N-methyl/N-ethyl adjacent to an activating group) is 1. The van der Waals surface area contributed by atoms with Crippen LogP contribution in [0.4, 0.5) is 14.5 Å². The van der Waals surface area contributed by atoms with E-state index in [9.17, 15) is 13.6 Å². The van der Waals surface area contributed by atoms with Crippen molar-refractivity contribution in [1.29, 1.82) is 0 Å². The molecule has 1 unspecified atom stereocenters. The third-order valence-electron chi connectivity index (χ3n) is 3.84. The lowest BCUT2D eigenvalue weighted by molar-refractivity contribution is -0.908. The Bertz CT molecular complexity index is 735. The lowest BCUT2D eigenvalue weighted by Crippen LogP contribution is -3.12. The summed E-state index contributed by atoms with van der Waals surface area (Å²) in [4.78, 5) is 13.1. The molecular weight excluding hydrogens is 357 g/mol. The highest BCUT2D eigenvalue weighted by Gasteiger charge is 2.24. The van der Waals surface area contributed by atoms with Crippen molar-refractivity contribution in [3.8, 4) is 0 Å². The molecule has 0 bridgehead atoms. The van der Waals surface area contributed by atoms with Gasteiger partial charge in [-0.2, -0.15) is 0 Å². The van der Waals surface area contributed by atoms with E-state index in [1.165, 1.54) is 24.3 Å². The zero-order valence-electron chi connectivity index (χ0n) is 13.2. The summed E-state index contributed by atoms with van der Waals surface area (Å²) in [6.07, 6.45) is 0. The second-order valence-electron chi connectivity index (χ2n) is 5.56. The van der Waals surface area contributed by atoms with Gasteiger partial charge in [-0.05, 0) is 37.3 Å². The quantitative estimate of drug-likeness (QED) is 0.827. The van der Waals surface area contributed by atoms with Crippen LogP contribution in [0.15, 0.2) is 36.4 Å². The van der Waals surface area contributed by atoms with E-state index in [1.54, 1.807) is 20.0 Å². The predicted octanol–water partition coefficient (Wildman–Crippen LogP) is 3.31. The number of quaternary nitrogens is 1. The van der Waals surface area contributed by atoms with Crippen LogP contribution in [0.5, 0.6) is 0 Å². The minimum absolute atomic E-state index is 0.116. The van der Waals surface area contributed by atoms with Crippen LogP contribution in [0.3, 0.4) is 0 Å². The number of hydrogen-bond donors (Lipinski definition) is 2. The highest BCUT2D eigenvalue weighted by molar-refractivity contribution is 6.33. The van der Waals surface area contributed by atoms with Gasteiger partial charge in [-0.15, -0.1) is 0 Å². The molecule has 2 aromatic carbocycles. The molecule has 0 aliphatic carbocycles. The van der Waals surface area contributed by atoms with E-state index in [-0.39, 0.29) is 17.5 Å². The molecule has 7 heteroatoms. The van der Waals surface area contributed by atoms with Crippen molar-refractivity contribution in [3.05, 3.63) is 63.6 Å². The van der Waals surface area contributed by atoms with E-state index in [0.29, 0.717) is 16.3 Å². The van der Waals surface area contributed by atoms with Gasteiger partial charge >= 0.3 is 0 Å². The van der Waals surface area contributed by atoms with E-state index in [0.717, 1.165) is 11.0 Å². The Morgan fingerprint density at radius 2 is 1.92 bits per heavy atom. The number of nitrogens with one attached hydrogen (secondary N) is 2. The Morgan fingerprint density at radius 3 is 2.54 bits per heavy atom. The van der Waals surface area contributed by atoms with Crippen LogP contribution >= 0.6 is 23.2 Å². The molecule has 1 amide bonds. The summed E-state index contributed by atoms with van der Waals surface area (Å²) in [7, 11) is 1.76. The molecule has 2 atom stereocenters.